The van der Waals surface area contributed by atoms with Crippen molar-refractivity contribution in [2.24, 2.45) is 5.92 Å². The van der Waals surface area contributed by atoms with Crippen LogP contribution in [-0.4, -0.2) is 30.3 Å². The lowest BCUT2D eigenvalue weighted by molar-refractivity contribution is -0.0970. The van der Waals surface area contributed by atoms with Gasteiger partial charge in [-0.25, -0.2) is 9.18 Å². The van der Waals surface area contributed by atoms with E-state index in [1.54, 1.807) is 31.2 Å². The first kappa shape index (κ1) is 11.1. The van der Waals surface area contributed by atoms with Gasteiger partial charge in [-0.1, -0.05) is 25.1 Å². The van der Waals surface area contributed by atoms with Crippen LogP contribution in [0.2, 0.25) is 0 Å². The summed E-state index contributed by atoms with van der Waals surface area (Å²) in [6, 6.07) is 8.71. The molecule has 0 amide bonds. The Morgan fingerprint density at radius 3 is 2.62 bits per heavy atom. The summed E-state index contributed by atoms with van der Waals surface area (Å²) in [5.41, 5.74) is 0.484. The van der Waals surface area contributed by atoms with Gasteiger partial charge in [-0.2, -0.15) is 0 Å². The van der Waals surface area contributed by atoms with Crippen molar-refractivity contribution < 1.29 is 14.0 Å². The number of halogens is 1. The first-order valence-corrected chi connectivity index (χ1v) is 5.33. The van der Waals surface area contributed by atoms with Gasteiger partial charge in [0.15, 0.2) is 0 Å². The molecule has 0 saturated carbocycles. The van der Waals surface area contributed by atoms with Gasteiger partial charge in [0.2, 0.25) is 0 Å². The van der Waals surface area contributed by atoms with Gasteiger partial charge in [0.05, 0.1) is 12.1 Å². The van der Waals surface area contributed by atoms with Gasteiger partial charge >= 0.3 is 5.97 Å². The molecule has 1 fully saturated rings. The highest BCUT2D eigenvalue weighted by atomic mass is 19.1. The van der Waals surface area contributed by atoms with E-state index in [2.05, 4.69) is 0 Å². The molecule has 2 atom stereocenters. The third-order valence-electron chi connectivity index (χ3n) is 2.71. The molecule has 1 aliphatic heterocycles. The fraction of sp³-hybridized carbons (Fsp3) is 0.417. The lowest BCUT2D eigenvalue weighted by atomic mass is 10.1. The van der Waals surface area contributed by atoms with Crippen molar-refractivity contribution in [3.05, 3.63) is 35.9 Å². The van der Waals surface area contributed by atoms with Crippen LogP contribution in [0.15, 0.2) is 30.3 Å². The molecule has 0 aliphatic carbocycles. The molecule has 0 aromatic heterocycles. The third kappa shape index (κ3) is 2.39. The van der Waals surface area contributed by atoms with E-state index in [0.717, 1.165) is 0 Å². The molecule has 1 aromatic rings. The number of hydrogen-bond donors (Lipinski definition) is 0. The van der Waals surface area contributed by atoms with Crippen LogP contribution in [0.25, 0.3) is 0 Å². The van der Waals surface area contributed by atoms with Crippen LogP contribution < -0.4 is 0 Å². The van der Waals surface area contributed by atoms with Crippen LogP contribution in [0.1, 0.15) is 17.3 Å². The van der Waals surface area contributed by atoms with Gasteiger partial charge in [0.1, 0.15) is 6.17 Å². The standard InChI is InChI=1S/C12H14FNO2/c1-9-7-14(8-11(9)13)16-12(15)10-5-3-2-4-6-10/h2-6,9,11H,7-8H2,1H3/t9-,11+/m1/s1. The quantitative estimate of drug-likeness (QED) is 0.768. The topological polar surface area (TPSA) is 29.5 Å². The molecule has 3 nitrogen and oxygen atoms in total. The average molecular weight is 223 g/mol. The number of hydrogen-bond acceptors (Lipinski definition) is 3. The molecule has 0 N–H and O–H groups in total. The smallest absolute Gasteiger partial charge is 0.357 e. The summed E-state index contributed by atoms with van der Waals surface area (Å²) in [6.07, 6.45) is -0.913. The van der Waals surface area contributed by atoms with Gasteiger partial charge in [0, 0.05) is 12.5 Å². The molecule has 1 saturated heterocycles. The zero-order chi connectivity index (χ0) is 11.5. The predicted molar refractivity (Wildman–Crippen MR) is 57.5 cm³/mol. The fourth-order valence-corrected chi connectivity index (χ4v) is 1.70. The summed E-state index contributed by atoms with van der Waals surface area (Å²) in [5.74, 6) is -0.509. The minimum absolute atomic E-state index is 0.0800. The van der Waals surface area contributed by atoms with E-state index in [0.29, 0.717) is 12.1 Å². The number of hydroxylamine groups is 2. The summed E-state index contributed by atoms with van der Waals surface area (Å²) >= 11 is 0. The Kier molecular flexibility index (Phi) is 3.19. The van der Waals surface area contributed by atoms with Crippen molar-refractivity contribution in [1.82, 2.24) is 5.06 Å². The zero-order valence-electron chi connectivity index (χ0n) is 9.10. The third-order valence-corrected chi connectivity index (χ3v) is 2.71. The number of nitrogens with zero attached hydrogens (tertiary/aromatic N) is 1. The molecule has 0 radical (unpaired) electrons. The predicted octanol–water partition coefficient (Wildman–Crippen LogP) is 2.05. The van der Waals surface area contributed by atoms with E-state index >= 15 is 0 Å². The van der Waals surface area contributed by atoms with Crippen molar-refractivity contribution >= 4 is 5.97 Å². The second kappa shape index (κ2) is 4.61. The number of benzene rings is 1. The molecule has 1 aliphatic rings. The Hall–Kier alpha value is -1.42. The maximum atomic E-state index is 13.2. The maximum Gasteiger partial charge on any atom is 0.357 e. The van der Waals surface area contributed by atoms with Crippen LogP contribution in [0.3, 0.4) is 0 Å². The molecule has 86 valence electrons. The number of carbonyl (C=O) groups is 1. The molecular weight excluding hydrogens is 209 g/mol. The minimum Gasteiger partial charge on any atom is -0.364 e. The van der Waals surface area contributed by atoms with Gasteiger partial charge in [0.25, 0.3) is 0 Å². The molecule has 4 heteroatoms. The first-order chi connectivity index (χ1) is 7.66. The van der Waals surface area contributed by atoms with Gasteiger partial charge in [-0.15, -0.1) is 5.06 Å². The van der Waals surface area contributed by atoms with Crippen molar-refractivity contribution in [2.45, 2.75) is 13.1 Å². The molecule has 1 heterocycles. The molecule has 2 rings (SSSR count). The maximum absolute atomic E-state index is 13.2. The Morgan fingerprint density at radius 1 is 1.38 bits per heavy atom. The Labute approximate surface area is 93.8 Å². The number of rotatable bonds is 2. The van der Waals surface area contributed by atoms with Crippen molar-refractivity contribution in [1.29, 1.82) is 0 Å². The van der Waals surface area contributed by atoms with E-state index in [1.807, 2.05) is 6.07 Å². The second-order valence-electron chi connectivity index (χ2n) is 4.09. The molecule has 0 spiro atoms. The van der Waals surface area contributed by atoms with E-state index in [4.69, 9.17) is 4.84 Å². The van der Waals surface area contributed by atoms with Crippen molar-refractivity contribution in [3.63, 3.8) is 0 Å². The van der Waals surface area contributed by atoms with Crippen LogP contribution in [0.4, 0.5) is 4.39 Å². The van der Waals surface area contributed by atoms with E-state index in [1.165, 1.54) is 5.06 Å². The van der Waals surface area contributed by atoms with Gasteiger partial charge in [-0.05, 0) is 12.1 Å². The summed E-state index contributed by atoms with van der Waals surface area (Å²) in [6.45, 7) is 2.43. The highest BCUT2D eigenvalue weighted by molar-refractivity contribution is 5.89. The number of alkyl halides is 1. The van der Waals surface area contributed by atoms with E-state index in [-0.39, 0.29) is 12.5 Å². The normalized spacial score (nSPS) is 25.6. The number of carbonyl (C=O) groups excluding carboxylic acids is 1. The van der Waals surface area contributed by atoms with Crippen molar-refractivity contribution in [3.8, 4) is 0 Å². The van der Waals surface area contributed by atoms with Gasteiger partial charge in [-0.3, -0.25) is 0 Å². The lowest BCUT2D eigenvalue weighted by Crippen LogP contribution is -2.25. The van der Waals surface area contributed by atoms with Crippen LogP contribution in [-0.2, 0) is 4.84 Å². The molecule has 0 bridgehead atoms. The van der Waals surface area contributed by atoms with E-state index < -0.39 is 12.1 Å². The summed E-state index contributed by atoms with van der Waals surface area (Å²) in [4.78, 5) is 16.7. The fourth-order valence-electron chi connectivity index (χ4n) is 1.70. The minimum atomic E-state index is -0.913. The summed E-state index contributed by atoms with van der Waals surface area (Å²) < 4.78 is 13.2. The second-order valence-corrected chi connectivity index (χ2v) is 4.09. The Morgan fingerprint density at radius 2 is 2.06 bits per heavy atom. The average Bonchev–Trinajstić information content (AvgIpc) is 2.59. The highest BCUT2D eigenvalue weighted by Crippen LogP contribution is 2.20. The summed E-state index contributed by atoms with van der Waals surface area (Å²) in [5, 5.41) is 1.39. The Balaban J connectivity index is 1.94. The van der Waals surface area contributed by atoms with Crippen LogP contribution >= 0.6 is 0 Å². The first-order valence-electron chi connectivity index (χ1n) is 5.33. The monoisotopic (exact) mass is 223 g/mol. The lowest BCUT2D eigenvalue weighted by Gasteiger charge is -2.14. The van der Waals surface area contributed by atoms with E-state index in [9.17, 15) is 9.18 Å². The van der Waals surface area contributed by atoms with Crippen molar-refractivity contribution in [2.75, 3.05) is 13.1 Å². The largest absolute Gasteiger partial charge is 0.364 e. The van der Waals surface area contributed by atoms with Gasteiger partial charge < -0.3 is 4.84 Å². The summed E-state index contributed by atoms with van der Waals surface area (Å²) in [7, 11) is 0. The zero-order valence-corrected chi connectivity index (χ0v) is 9.10. The molecule has 1 aromatic carbocycles. The van der Waals surface area contributed by atoms with Crippen LogP contribution in [0, 0.1) is 5.92 Å². The SMILES string of the molecule is C[C@@H]1CN(OC(=O)c2ccccc2)C[C@@H]1F. The van der Waals surface area contributed by atoms with Crippen LogP contribution in [0.5, 0.6) is 0 Å². The molecular formula is C12H14FNO2. The Bertz CT molecular complexity index is 359. The molecule has 0 unspecified atom stereocenters. The highest BCUT2D eigenvalue weighted by Gasteiger charge is 2.32. The molecule has 16 heavy (non-hydrogen) atoms.